The van der Waals surface area contributed by atoms with Crippen LogP contribution in [0.2, 0.25) is 5.02 Å². The minimum atomic E-state index is 0.653. The predicted octanol–water partition coefficient (Wildman–Crippen LogP) is 1.88. The molecule has 0 spiro atoms. The quantitative estimate of drug-likeness (QED) is 0.687. The van der Waals surface area contributed by atoms with Crippen molar-refractivity contribution in [2.45, 2.75) is 13.0 Å². The van der Waals surface area contributed by atoms with Crippen LogP contribution in [-0.2, 0) is 16.0 Å². The van der Waals surface area contributed by atoms with Crippen LogP contribution in [0, 0.1) is 0 Å². The number of nitrogens with zero attached hydrogens (tertiary/aromatic N) is 1. The molecule has 0 aliphatic heterocycles. The van der Waals surface area contributed by atoms with Gasteiger partial charge in [0.1, 0.15) is 0 Å². The summed E-state index contributed by atoms with van der Waals surface area (Å²) in [5.74, 6) is 0. The van der Waals surface area contributed by atoms with Gasteiger partial charge in [-0.05, 0) is 24.6 Å². The van der Waals surface area contributed by atoms with E-state index in [1.165, 1.54) is 0 Å². The van der Waals surface area contributed by atoms with Crippen molar-refractivity contribution in [2.24, 2.45) is 0 Å². The van der Waals surface area contributed by atoms with Crippen molar-refractivity contribution in [1.29, 1.82) is 0 Å². The van der Waals surface area contributed by atoms with Crippen LogP contribution in [0.1, 0.15) is 12.0 Å². The number of methoxy groups -OCH3 is 1. The van der Waals surface area contributed by atoms with Crippen molar-refractivity contribution in [3.05, 3.63) is 29.0 Å². The minimum absolute atomic E-state index is 0.653. The largest absolute Gasteiger partial charge is 0.382 e. The maximum atomic E-state index is 5.98. The van der Waals surface area contributed by atoms with Crippen LogP contribution in [0.3, 0.4) is 0 Å². The summed E-state index contributed by atoms with van der Waals surface area (Å²) in [6.07, 6.45) is 4.38. The van der Waals surface area contributed by atoms with Gasteiger partial charge >= 0.3 is 0 Å². The molecule has 0 unspecified atom stereocenters. The first-order valence-electron chi connectivity index (χ1n) is 5.70. The SMILES string of the molecule is COCCOCCCNCc1ccncc1Cl. The number of halogens is 1. The molecule has 0 aliphatic rings. The van der Waals surface area contributed by atoms with E-state index in [-0.39, 0.29) is 0 Å². The lowest BCUT2D eigenvalue weighted by molar-refractivity contribution is 0.0695. The van der Waals surface area contributed by atoms with E-state index in [0.29, 0.717) is 18.2 Å². The van der Waals surface area contributed by atoms with Crippen molar-refractivity contribution in [2.75, 3.05) is 33.5 Å². The van der Waals surface area contributed by atoms with Crippen molar-refractivity contribution in [3.63, 3.8) is 0 Å². The molecule has 1 N–H and O–H groups in total. The molecule has 5 heteroatoms. The zero-order valence-corrected chi connectivity index (χ0v) is 10.9. The van der Waals surface area contributed by atoms with Gasteiger partial charge in [-0.2, -0.15) is 0 Å². The summed E-state index contributed by atoms with van der Waals surface area (Å²) < 4.78 is 10.2. The molecule has 0 saturated heterocycles. The minimum Gasteiger partial charge on any atom is -0.382 e. The molecule has 0 bridgehead atoms. The summed E-state index contributed by atoms with van der Waals surface area (Å²) in [5.41, 5.74) is 1.07. The Morgan fingerprint density at radius 2 is 2.24 bits per heavy atom. The van der Waals surface area contributed by atoms with Gasteiger partial charge in [-0.25, -0.2) is 0 Å². The normalized spacial score (nSPS) is 10.7. The Morgan fingerprint density at radius 3 is 3.00 bits per heavy atom. The van der Waals surface area contributed by atoms with Gasteiger partial charge in [-0.1, -0.05) is 11.6 Å². The highest BCUT2D eigenvalue weighted by Crippen LogP contribution is 2.12. The zero-order chi connectivity index (χ0) is 12.3. The van der Waals surface area contributed by atoms with Gasteiger partial charge < -0.3 is 14.8 Å². The second-order valence-corrected chi connectivity index (χ2v) is 4.01. The van der Waals surface area contributed by atoms with Crippen LogP contribution in [0.15, 0.2) is 18.5 Å². The number of hydrogen-bond donors (Lipinski definition) is 1. The molecule has 17 heavy (non-hydrogen) atoms. The van der Waals surface area contributed by atoms with Crippen LogP contribution < -0.4 is 5.32 Å². The molecule has 0 atom stereocenters. The number of aromatic nitrogens is 1. The van der Waals surface area contributed by atoms with E-state index in [0.717, 1.165) is 31.7 Å². The zero-order valence-electron chi connectivity index (χ0n) is 10.1. The topological polar surface area (TPSA) is 43.4 Å². The number of nitrogens with one attached hydrogen (secondary N) is 1. The maximum absolute atomic E-state index is 5.98. The van der Waals surface area contributed by atoms with Crippen LogP contribution in [0.5, 0.6) is 0 Å². The van der Waals surface area contributed by atoms with Crippen molar-refractivity contribution in [3.8, 4) is 0 Å². The summed E-state index contributed by atoms with van der Waals surface area (Å²) in [6.45, 7) is 3.73. The first-order valence-corrected chi connectivity index (χ1v) is 6.08. The van der Waals surface area contributed by atoms with E-state index in [1.807, 2.05) is 6.07 Å². The Hall–Kier alpha value is -0.680. The fourth-order valence-corrected chi connectivity index (χ4v) is 1.50. The highest BCUT2D eigenvalue weighted by atomic mass is 35.5. The third kappa shape index (κ3) is 6.58. The maximum Gasteiger partial charge on any atom is 0.0700 e. The van der Waals surface area contributed by atoms with E-state index in [4.69, 9.17) is 21.1 Å². The van der Waals surface area contributed by atoms with Gasteiger partial charge in [0, 0.05) is 32.7 Å². The van der Waals surface area contributed by atoms with Crippen LogP contribution >= 0.6 is 11.6 Å². The molecule has 0 fully saturated rings. The Balaban J connectivity index is 1.99. The monoisotopic (exact) mass is 258 g/mol. The Morgan fingerprint density at radius 1 is 1.35 bits per heavy atom. The highest BCUT2D eigenvalue weighted by molar-refractivity contribution is 6.31. The average Bonchev–Trinajstić information content (AvgIpc) is 2.35. The molecule has 1 heterocycles. The molecular weight excluding hydrogens is 240 g/mol. The lowest BCUT2D eigenvalue weighted by Gasteiger charge is -2.06. The fraction of sp³-hybridized carbons (Fsp3) is 0.583. The molecular formula is C12H19ClN2O2. The molecule has 0 amide bonds. The van der Waals surface area contributed by atoms with Gasteiger partial charge in [-0.15, -0.1) is 0 Å². The summed E-state index contributed by atoms with van der Waals surface area (Å²) in [7, 11) is 1.67. The van der Waals surface area contributed by atoms with Gasteiger partial charge in [0.2, 0.25) is 0 Å². The molecule has 1 aromatic heterocycles. The van der Waals surface area contributed by atoms with Gasteiger partial charge in [0.15, 0.2) is 0 Å². The highest BCUT2D eigenvalue weighted by Gasteiger charge is 1.98. The molecule has 1 aromatic rings. The van der Waals surface area contributed by atoms with E-state index >= 15 is 0 Å². The van der Waals surface area contributed by atoms with Gasteiger partial charge in [-0.3, -0.25) is 4.98 Å². The summed E-state index contributed by atoms with van der Waals surface area (Å²) in [5, 5.41) is 4.01. The van der Waals surface area contributed by atoms with Crippen LogP contribution in [-0.4, -0.2) is 38.5 Å². The van der Waals surface area contributed by atoms with Crippen molar-refractivity contribution < 1.29 is 9.47 Å². The second-order valence-electron chi connectivity index (χ2n) is 3.60. The molecule has 0 aromatic carbocycles. The molecule has 96 valence electrons. The number of ether oxygens (including phenoxy) is 2. The van der Waals surface area contributed by atoms with Crippen molar-refractivity contribution in [1.82, 2.24) is 10.3 Å². The van der Waals surface area contributed by atoms with Crippen LogP contribution in [0.25, 0.3) is 0 Å². The Labute approximate surface area is 107 Å². The van der Waals surface area contributed by atoms with Crippen LogP contribution in [0.4, 0.5) is 0 Å². The second kappa shape index (κ2) is 9.36. The smallest absolute Gasteiger partial charge is 0.0700 e. The Bertz CT molecular complexity index is 310. The molecule has 0 aliphatic carbocycles. The van der Waals surface area contributed by atoms with E-state index in [9.17, 15) is 0 Å². The third-order valence-corrected chi connectivity index (χ3v) is 2.59. The molecule has 4 nitrogen and oxygen atoms in total. The summed E-state index contributed by atoms with van der Waals surface area (Å²) in [4.78, 5) is 3.94. The van der Waals surface area contributed by atoms with E-state index < -0.39 is 0 Å². The van der Waals surface area contributed by atoms with Crippen molar-refractivity contribution >= 4 is 11.6 Å². The lowest BCUT2D eigenvalue weighted by atomic mass is 10.2. The molecule has 1 rings (SSSR count). The number of pyridine rings is 1. The average molecular weight is 259 g/mol. The number of hydrogen-bond acceptors (Lipinski definition) is 4. The lowest BCUT2D eigenvalue weighted by Crippen LogP contribution is -2.17. The number of rotatable bonds is 9. The van der Waals surface area contributed by atoms with Gasteiger partial charge in [0.05, 0.1) is 18.2 Å². The molecule has 0 saturated carbocycles. The fourth-order valence-electron chi connectivity index (χ4n) is 1.31. The first-order chi connectivity index (χ1) is 8.34. The Kier molecular flexibility index (Phi) is 7.92. The van der Waals surface area contributed by atoms with Gasteiger partial charge in [0.25, 0.3) is 0 Å². The molecule has 0 radical (unpaired) electrons. The predicted molar refractivity (Wildman–Crippen MR) is 68.3 cm³/mol. The van der Waals surface area contributed by atoms with E-state index in [1.54, 1.807) is 19.5 Å². The summed E-state index contributed by atoms with van der Waals surface area (Å²) >= 11 is 5.98. The first kappa shape index (κ1) is 14.4. The van der Waals surface area contributed by atoms with E-state index in [2.05, 4.69) is 10.3 Å². The standard InChI is InChI=1S/C12H19ClN2O2/c1-16-7-8-17-6-2-4-14-9-11-3-5-15-10-12(11)13/h3,5,10,14H,2,4,6-9H2,1H3. The summed E-state index contributed by atoms with van der Waals surface area (Å²) in [6, 6.07) is 1.92. The third-order valence-electron chi connectivity index (χ3n) is 2.25.